The van der Waals surface area contributed by atoms with Crippen LogP contribution in [0, 0.1) is 5.92 Å². The molecule has 2 aliphatic rings. The highest BCUT2D eigenvalue weighted by Crippen LogP contribution is 2.20. The highest BCUT2D eigenvalue weighted by Gasteiger charge is 2.34. The van der Waals surface area contributed by atoms with Crippen LogP contribution in [0.1, 0.15) is 27.7 Å². The second-order valence-electron chi connectivity index (χ2n) is 6.55. The van der Waals surface area contributed by atoms with Gasteiger partial charge in [0.05, 0.1) is 18.1 Å². The van der Waals surface area contributed by atoms with Crippen LogP contribution in [-0.4, -0.2) is 61.3 Å². The van der Waals surface area contributed by atoms with E-state index in [0.717, 1.165) is 26.2 Å². The van der Waals surface area contributed by atoms with Crippen LogP contribution in [0.15, 0.2) is 0 Å². The first-order chi connectivity index (χ1) is 8.88. The normalized spacial score (nSPS) is 29.9. The SMILES string of the molecule is CC1CN(C(C)(C)CNC(=O)C2CNC2)CC(C)O1. The maximum atomic E-state index is 11.9. The van der Waals surface area contributed by atoms with E-state index in [1.165, 1.54) is 0 Å². The van der Waals surface area contributed by atoms with Gasteiger partial charge in [-0.1, -0.05) is 0 Å². The summed E-state index contributed by atoms with van der Waals surface area (Å²) in [4.78, 5) is 14.3. The molecule has 2 atom stereocenters. The first-order valence-electron chi connectivity index (χ1n) is 7.27. The van der Waals surface area contributed by atoms with Crippen LogP contribution in [0.25, 0.3) is 0 Å². The molecule has 0 spiro atoms. The number of nitrogens with one attached hydrogen (secondary N) is 2. The van der Waals surface area contributed by atoms with Gasteiger partial charge in [0.1, 0.15) is 0 Å². The van der Waals surface area contributed by atoms with E-state index in [-0.39, 0.29) is 29.6 Å². The van der Waals surface area contributed by atoms with Crippen molar-refractivity contribution in [1.82, 2.24) is 15.5 Å². The number of carbonyl (C=O) groups excluding carboxylic acids is 1. The average Bonchev–Trinajstić information content (AvgIpc) is 2.23. The van der Waals surface area contributed by atoms with Crippen molar-refractivity contribution >= 4 is 5.91 Å². The van der Waals surface area contributed by atoms with Gasteiger partial charge in [0.15, 0.2) is 0 Å². The highest BCUT2D eigenvalue weighted by molar-refractivity contribution is 5.80. The molecule has 2 fully saturated rings. The molecule has 5 nitrogen and oxygen atoms in total. The molecule has 0 aromatic heterocycles. The smallest absolute Gasteiger partial charge is 0.225 e. The molecule has 2 rings (SSSR count). The Morgan fingerprint density at radius 2 is 1.89 bits per heavy atom. The van der Waals surface area contributed by atoms with Crippen LogP contribution in [0.5, 0.6) is 0 Å². The number of morpholine rings is 1. The van der Waals surface area contributed by atoms with Crippen molar-refractivity contribution in [3.8, 4) is 0 Å². The standard InChI is InChI=1S/C14H27N3O2/c1-10-7-17(8-11(2)19-10)14(3,4)9-16-13(18)12-5-15-6-12/h10-12,15H,5-9H2,1-4H3,(H,16,18). The fourth-order valence-corrected chi connectivity index (χ4v) is 2.71. The van der Waals surface area contributed by atoms with Crippen LogP contribution in [0.2, 0.25) is 0 Å². The van der Waals surface area contributed by atoms with Crippen LogP contribution >= 0.6 is 0 Å². The number of hydrogen-bond donors (Lipinski definition) is 2. The molecule has 1 amide bonds. The topological polar surface area (TPSA) is 53.6 Å². The zero-order valence-corrected chi connectivity index (χ0v) is 12.5. The molecule has 0 radical (unpaired) electrons. The van der Waals surface area contributed by atoms with E-state index in [1.807, 2.05) is 0 Å². The predicted octanol–water partition coefficient (Wildman–Crippen LogP) is 0.210. The zero-order valence-electron chi connectivity index (χ0n) is 12.5. The molecule has 5 heteroatoms. The lowest BCUT2D eigenvalue weighted by molar-refractivity contribution is -0.128. The lowest BCUT2D eigenvalue weighted by Gasteiger charge is -2.45. The Kier molecular flexibility index (Phi) is 4.48. The second-order valence-corrected chi connectivity index (χ2v) is 6.55. The van der Waals surface area contributed by atoms with E-state index in [0.29, 0.717) is 6.54 Å². The summed E-state index contributed by atoms with van der Waals surface area (Å²) in [6.07, 6.45) is 0.518. The van der Waals surface area contributed by atoms with E-state index in [4.69, 9.17) is 4.74 Å². The Morgan fingerprint density at radius 3 is 2.37 bits per heavy atom. The van der Waals surface area contributed by atoms with E-state index < -0.39 is 0 Å². The predicted molar refractivity (Wildman–Crippen MR) is 75.0 cm³/mol. The summed E-state index contributed by atoms with van der Waals surface area (Å²) in [5.74, 6) is 0.347. The first kappa shape index (κ1) is 14.8. The van der Waals surface area contributed by atoms with Gasteiger partial charge in [-0.05, 0) is 27.7 Å². The summed E-state index contributed by atoms with van der Waals surface area (Å²) in [6.45, 7) is 12.8. The molecule has 2 N–H and O–H groups in total. The monoisotopic (exact) mass is 269 g/mol. The number of ether oxygens (including phenoxy) is 1. The summed E-state index contributed by atoms with van der Waals surface area (Å²) < 4.78 is 5.76. The summed E-state index contributed by atoms with van der Waals surface area (Å²) in [7, 11) is 0. The summed E-state index contributed by atoms with van der Waals surface area (Å²) >= 11 is 0. The van der Waals surface area contributed by atoms with Gasteiger partial charge in [-0.25, -0.2) is 0 Å². The lowest BCUT2D eigenvalue weighted by Crippen LogP contribution is -2.60. The molecule has 0 aliphatic carbocycles. The summed E-state index contributed by atoms with van der Waals surface area (Å²) in [5, 5.41) is 6.22. The van der Waals surface area contributed by atoms with Gasteiger partial charge in [-0.3, -0.25) is 9.69 Å². The Hall–Kier alpha value is -0.650. The van der Waals surface area contributed by atoms with Crippen molar-refractivity contribution < 1.29 is 9.53 Å². The largest absolute Gasteiger partial charge is 0.373 e. The Labute approximate surface area is 116 Å². The van der Waals surface area contributed by atoms with E-state index >= 15 is 0 Å². The Morgan fingerprint density at radius 1 is 1.32 bits per heavy atom. The maximum Gasteiger partial charge on any atom is 0.225 e. The molecule has 0 aromatic rings. The quantitative estimate of drug-likeness (QED) is 0.766. The molecule has 0 aromatic carbocycles. The van der Waals surface area contributed by atoms with E-state index in [1.54, 1.807) is 0 Å². The Balaban J connectivity index is 1.84. The molecule has 2 heterocycles. The van der Waals surface area contributed by atoms with Crippen LogP contribution in [0.4, 0.5) is 0 Å². The number of hydrogen-bond acceptors (Lipinski definition) is 4. The molecule has 110 valence electrons. The van der Waals surface area contributed by atoms with Gasteiger partial charge in [0.2, 0.25) is 5.91 Å². The van der Waals surface area contributed by atoms with Gasteiger partial charge in [0, 0.05) is 38.3 Å². The molecule has 0 saturated carbocycles. The number of rotatable bonds is 4. The zero-order chi connectivity index (χ0) is 14.0. The fraction of sp³-hybridized carbons (Fsp3) is 0.929. The maximum absolute atomic E-state index is 11.9. The lowest BCUT2D eigenvalue weighted by atomic mass is 9.98. The number of nitrogens with zero attached hydrogens (tertiary/aromatic N) is 1. The molecule has 2 aliphatic heterocycles. The van der Waals surface area contributed by atoms with Gasteiger partial charge < -0.3 is 15.4 Å². The highest BCUT2D eigenvalue weighted by atomic mass is 16.5. The minimum atomic E-state index is -0.0286. The van der Waals surface area contributed by atoms with Crippen molar-refractivity contribution in [2.75, 3.05) is 32.7 Å². The summed E-state index contributed by atoms with van der Waals surface area (Å²) in [5.41, 5.74) is -0.0286. The van der Waals surface area contributed by atoms with Crippen LogP contribution in [0.3, 0.4) is 0 Å². The third kappa shape index (κ3) is 3.68. The number of carbonyl (C=O) groups is 1. The number of amides is 1. The molecule has 2 unspecified atom stereocenters. The Bertz CT molecular complexity index is 319. The fourth-order valence-electron chi connectivity index (χ4n) is 2.71. The molecule has 0 bridgehead atoms. The molecule has 19 heavy (non-hydrogen) atoms. The van der Waals surface area contributed by atoms with Crippen LogP contribution in [-0.2, 0) is 9.53 Å². The van der Waals surface area contributed by atoms with Gasteiger partial charge in [-0.15, -0.1) is 0 Å². The van der Waals surface area contributed by atoms with Crippen molar-refractivity contribution in [2.24, 2.45) is 5.92 Å². The van der Waals surface area contributed by atoms with Crippen molar-refractivity contribution in [3.63, 3.8) is 0 Å². The minimum Gasteiger partial charge on any atom is -0.373 e. The van der Waals surface area contributed by atoms with Crippen molar-refractivity contribution in [3.05, 3.63) is 0 Å². The minimum absolute atomic E-state index is 0.0286. The first-order valence-corrected chi connectivity index (χ1v) is 7.27. The molecule has 2 saturated heterocycles. The third-order valence-corrected chi connectivity index (χ3v) is 4.12. The van der Waals surface area contributed by atoms with Gasteiger partial charge in [-0.2, -0.15) is 0 Å². The van der Waals surface area contributed by atoms with E-state index in [2.05, 4.69) is 43.2 Å². The summed E-state index contributed by atoms with van der Waals surface area (Å²) in [6, 6.07) is 0. The molecular weight excluding hydrogens is 242 g/mol. The average molecular weight is 269 g/mol. The van der Waals surface area contributed by atoms with Gasteiger partial charge >= 0.3 is 0 Å². The van der Waals surface area contributed by atoms with E-state index in [9.17, 15) is 4.79 Å². The third-order valence-electron chi connectivity index (χ3n) is 4.12. The van der Waals surface area contributed by atoms with Crippen LogP contribution < -0.4 is 10.6 Å². The van der Waals surface area contributed by atoms with Crippen molar-refractivity contribution in [1.29, 1.82) is 0 Å². The second kappa shape index (κ2) is 5.77. The molecular formula is C14H27N3O2. The van der Waals surface area contributed by atoms with Crippen molar-refractivity contribution in [2.45, 2.75) is 45.4 Å². The van der Waals surface area contributed by atoms with Gasteiger partial charge in [0.25, 0.3) is 0 Å².